The minimum Gasteiger partial charge on any atom is -0.308 e. The van der Waals surface area contributed by atoms with Crippen LogP contribution in [-0.4, -0.2) is 20.5 Å². The van der Waals surface area contributed by atoms with Crippen molar-refractivity contribution in [2.24, 2.45) is 0 Å². The fourth-order valence-electron chi connectivity index (χ4n) is 2.10. The van der Waals surface area contributed by atoms with Crippen LogP contribution in [0.3, 0.4) is 0 Å². The molecule has 0 saturated heterocycles. The number of aryl methyl sites for hydroxylation is 3. The summed E-state index contributed by atoms with van der Waals surface area (Å²) < 4.78 is 2.15. The van der Waals surface area contributed by atoms with E-state index in [1.54, 1.807) is 23.1 Å². The normalized spacial score (nSPS) is 10.9. The van der Waals surface area contributed by atoms with Gasteiger partial charge in [0.2, 0.25) is 0 Å². The molecule has 0 radical (unpaired) electrons. The number of benzene rings is 1. The predicted molar refractivity (Wildman–Crippen MR) is 88.9 cm³/mol. The molecular formula is C16H17N3S2. The minimum absolute atomic E-state index is 0.946. The molecule has 0 aliphatic heterocycles. The van der Waals surface area contributed by atoms with E-state index in [2.05, 4.69) is 62.6 Å². The molecule has 0 atom stereocenters. The van der Waals surface area contributed by atoms with E-state index in [-0.39, 0.29) is 0 Å². The van der Waals surface area contributed by atoms with Gasteiger partial charge in [-0.3, -0.25) is 0 Å². The van der Waals surface area contributed by atoms with Crippen molar-refractivity contribution in [1.29, 1.82) is 0 Å². The zero-order chi connectivity index (χ0) is 14.3. The van der Waals surface area contributed by atoms with Crippen molar-refractivity contribution in [3.8, 4) is 0 Å². The Morgan fingerprint density at radius 2 is 1.95 bits per heavy atom. The maximum absolute atomic E-state index is 4.23. The number of thioether (sulfide) groups is 1. The van der Waals surface area contributed by atoms with Gasteiger partial charge in [0.25, 0.3) is 0 Å². The molecular weight excluding hydrogens is 298 g/mol. The number of thiophene rings is 1. The van der Waals surface area contributed by atoms with Gasteiger partial charge in [0.15, 0.2) is 5.16 Å². The van der Waals surface area contributed by atoms with Crippen molar-refractivity contribution < 1.29 is 0 Å². The topological polar surface area (TPSA) is 30.7 Å². The highest BCUT2D eigenvalue weighted by atomic mass is 32.2. The summed E-state index contributed by atoms with van der Waals surface area (Å²) >= 11 is 3.58. The van der Waals surface area contributed by atoms with E-state index in [9.17, 15) is 0 Å². The monoisotopic (exact) mass is 315 g/mol. The van der Waals surface area contributed by atoms with E-state index in [1.165, 1.54) is 10.4 Å². The van der Waals surface area contributed by atoms with Crippen LogP contribution in [0.5, 0.6) is 0 Å². The first-order chi connectivity index (χ1) is 10.4. The third-order valence-corrected chi connectivity index (χ3v) is 5.14. The number of hydrogen-bond acceptors (Lipinski definition) is 4. The second-order valence-corrected chi connectivity index (χ2v) is 6.81. The molecule has 0 aliphatic carbocycles. The summed E-state index contributed by atoms with van der Waals surface area (Å²) in [5.41, 5.74) is 1.37. The van der Waals surface area contributed by atoms with E-state index < -0.39 is 0 Å². The van der Waals surface area contributed by atoms with Crippen LogP contribution in [-0.2, 0) is 19.4 Å². The quantitative estimate of drug-likeness (QED) is 0.619. The summed E-state index contributed by atoms with van der Waals surface area (Å²) in [6.45, 7) is 0.946. The van der Waals surface area contributed by atoms with E-state index in [4.69, 9.17) is 0 Å². The standard InChI is InChI=1S/C16H17N3S2/c1-2-5-14(6-3-1)9-12-21-16-18-17-13-19(16)10-8-15-7-4-11-20-15/h1-7,11,13H,8-10,12H2. The Balaban J connectivity index is 1.51. The third-order valence-electron chi connectivity index (χ3n) is 3.22. The molecule has 3 nitrogen and oxygen atoms in total. The molecule has 3 aromatic rings. The molecule has 0 bridgehead atoms. The lowest BCUT2D eigenvalue weighted by atomic mass is 10.2. The van der Waals surface area contributed by atoms with Gasteiger partial charge >= 0.3 is 0 Å². The van der Waals surface area contributed by atoms with E-state index in [0.717, 1.165) is 30.3 Å². The van der Waals surface area contributed by atoms with Gasteiger partial charge in [-0.15, -0.1) is 21.5 Å². The average Bonchev–Trinajstić information content (AvgIpc) is 3.17. The van der Waals surface area contributed by atoms with Gasteiger partial charge in [-0.05, 0) is 29.9 Å². The molecule has 21 heavy (non-hydrogen) atoms. The lowest BCUT2D eigenvalue weighted by Crippen LogP contribution is -2.01. The fraction of sp³-hybridized carbons (Fsp3) is 0.250. The second kappa shape index (κ2) is 7.43. The molecule has 0 spiro atoms. The van der Waals surface area contributed by atoms with Crippen LogP contribution in [0.4, 0.5) is 0 Å². The van der Waals surface area contributed by atoms with Gasteiger partial charge in [0.1, 0.15) is 6.33 Å². The van der Waals surface area contributed by atoms with Gasteiger partial charge in [0, 0.05) is 17.2 Å². The number of hydrogen-bond donors (Lipinski definition) is 0. The molecule has 108 valence electrons. The Labute approximate surface area is 133 Å². The average molecular weight is 315 g/mol. The Morgan fingerprint density at radius 3 is 2.76 bits per heavy atom. The van der Waals surface area contributed by atoms with Crippen LogP contribution in [0.25, 0.3) is 0 Å². The van der Waals surface area contributed by atoms with Crippen molar-refractivity contribution in [2.45, 2.75) is 24.5 Å². The largest absolute Gasteiger partial charge is 0.308 e. The molecule has 0 amide bonds. The van der Waals surface area contributed by atoms with Crippen LogP contribution in [0, 0.1) is 0 Å². The zero-order valence-corrected chi connectivity index (χ0v) is 13.3. The summed E-state index contributed by atoms with van der Waals surface area (Å²) in [4.78, 5) is 1.41. The molecule has 3 rings (SSSR count). The summed E-state index contributed by atoms with van der Waals surface area (Å²) in [5, 5.41) is 11.4. The number of rotatable bonds is 7. The molecule has 2 aromatic heterocycles. The minimum atomic E-state index is 0.946. The highest BCUT2D eigenvalue weighted by molar-refractivity contribution is 7.99. The van der Waals surface area contributed by atoms with Crippen molar-refractivity contribution >= 4 is 23.1 Å². The maximum Gasteiger partial charge on any atom is 0.191 e. The lowest BCUT2D eigenvalue weighted by molar-refractivity contribution is 0.637. The highest BCUT2D eigenvalue weighted by Gasteiger charge is 2.05. The molecule has 0 unspecified atom stereocenters. The van der Waals surface area contributed by atoms with Crippen molar-refractivity contribution in [1.82, 2.24) is 14.8 Å². The first kappa shape index (κ1) is 14.4. The molecule has 1 aromatic carbocycles. The summed E-state index contributed by atoms with van der Waals surface area (Å²) in [6.07, 6.45) is 3.93. The van der Waals surface area contributed by atoms with E-state index >= 15 is 0 Å². The predicted octanol–water partition coefficient (Wildman–Crippen LogP) is 3.92. The van der Waals surface area contributed by atoms with Crippen molar-refractivity contribution in [3.05, 3.63) is 64.6 Å². The van der Waals surface area contributed by atoms with E-state index in [0.29, 0.717) is 0 Å². The zero-order valence-electron chi connectivity index (χ0n) is 11.7. The summed E-state index contributed by atoms with van der Waals surface area (Å²) in [7, 11) is 0. The van der Waals surface area contributed by atoms with Crippen LogP contribution in [0.1, 0.15) is 10.4 Å². The Hall–Kier alpha value is -1.59. The molecule has 0 fully saturated rings. The Bertz CT molecular complexity index is 647. The van der Waals surface area contributed by atoms with Gasteiger partial charge in [-0.25, -0.2) is 0 Å². The van der Waals surface area contributed by atoms with Gasteiger partial charge < -0.3 is 4.57 Å². The first-order valence-corrected chi connectivity index (χ1v) is 8.85. The Morgan fingerprint density at radius 1 is 1.05 bits per heavy atom. The van der Waals surface area contributed by atoms with Crippen LogP contribution in [0.2, 0.25) is 0 Å². The molecule has 5 heteroatoms. The second-order valence-electron chi connectivity index (χ2n) is 4.72. The summed E-state index contributed by atoms with van der Waals surface area (Å²) in [5.74, 6) is 1.03. The smallest absolute Gasteiger partial charge is 0.191 e. The van der Waals surface area contributed by atoms with Gasteiger partial charge in [-0.1, -0.05) is 48.2 Å². The SMILES string of the molecule is c1ccc(CCSc2nncn2CCc2cccs2)cc1. The lowest BCUT2D eigenvalue weighted by Gasteiger charge is -2.05. The van der Waals surface area contributed by atoms with Crippen LogP contribution >= 0.6 is 23.1 Å². The van der Waals surface area contributed by atoms with Crippen molar-refractivity contribution in [2.75, 3.05) is 5.75 Å². The highest BCUT2D eigenvalue weighted by Crippen LogP contribution is 2.18. The molecule has 0 N–H and O–H groups in total. The molecule has 2 heterocycles. The van der Waals surface area contributed by atoms with Gasteiger partial charge in [0.05, 0.1) is 0 Å². The number of aromatic nitrogens is 3. The van der Waals surface area contributed by atoms with E-state index in [1.807, 2.05) is 6.33 Å². The number of nitrogens with zero attached hydrogens (tertiary/aromatic N) is 3. The molecule has 0 saturated carbocycles. The Kier molecular flexibility index (Phi) is 5.08. The van der Waals surface area contributed by atoms with Crippen LogP contribution in [0.15, 0.2) is 59.3 Å². The van der Waals surface area contributed by atoms with Crippen LogP contribution < -0.4 is 0 Å². The van der Waals surface area contributed by atoms with Crippen molar-refractivity contribution in [3.63, 3.8) is 0 Å². The van der Waals surface area contributed by atoms with Gasteiger partial charge in [-0.2, -0.15) is 0 Å². The molecule has 0 aliphatic rings. The third kappa shape index (κ3) is 4.19. The maximum atomic E-state index is 4.23. The first-order valence-electron chi connectivity index (χ1n) is 6.99. The fourth-order valence-corrected chi connectivity index (χ4v) is 3.73. The summed E-state index contributed by atoms with van der Waals surface area (Å²) in [6, 6.07) is 14.8.